The fraction of sp³-hybridized carbons (Fsp3) is 0.368. The van der Waals surface area contributed by atoms with Gasteiger partial charge in [0, 0.05) is 5.69 Å². The van der Waals surface area contributed by atoms with Crippen molar-refractivity contribution in [2.75, 3.05) is 5.32 Å². The van der Waals surface area contributed by atoms with Crippen LogP contribution in [0.2, 0.25) is 0 Å². The van der Waals surface area contributed by atoms with Gasteiger partial charge in [-0.3, -0.25) is 0 Å². The maximum Gasteiger partial charge on any atom is 0.115 e. The number of aromatic hydroxyl groups is 1. The summed E-state index contributed by atoms with van der Waals surface area (Å²) in [4.78, 5) is 0. The fourth-order valence-electron chi connectivity index (χ4n) is 3.14. The largest absolute Gasteiger partial charge is 0.508 e. The highest BCUT2D eigenvalue weighted by atomic mass is 16.3. The molecule has 0 aromatic heterocycles. The second kappa shape index (κ2) is 5.80. The molecule has 0 heterocycles. The highest BCUT2D eigenvalue weighted by Crippen LogP contribution is 2.34. The summed E-state index contributed by atoms with van der Waals surface area (Å²) in [5.74, 6) is 0.915. The lowest BCUT2D eigenvalue weighted by molar-refractivity contribution is 0.472. The summed E-state index contributed by atoms with van der Waals surface area (Å²) < 4.78 is 0. The summed E-state index contributed by atoms with van der Waals surface area (Å²) in [6, 6.07) is 14.8. The molecule has 110 valence electrons. The van der Waals surface area contributed by atoms with Crippen LogP contribution in [0.4, 0.5) is 5.69 Å². The van der Waals surface area contributed by atoms with Gasteiger partial charge in [0.2, 0.25) is 0 Å². The number of anilines is 1. The second-order valence-electron chi connectivity index (χ2n) is 6.25. The van der Waals surface area contributed by atoms with Crippen LogP contribution in [-0.4, -0.2) is 5.11 Å². The molecule has 2 heteroatoms. The minimum atomic E-state index is 0.344. The van der Waals surface area contributed by atoms with Crippen molar-refractivity contribution in [1.82, 2.24) is 0 Å². The van der Waals surface area contributed by atoms with Crippen LogP contribution in [0, 0.1) is 0 Å². The van der Waals surface area contributed by atoms with E-state index in [9.17, 15) is 5.11 Å². The van der Waals surface area contributed by atoms with Crippen LogP contribution >= 0.6 is 0 Å². The predicted octanol–water partition coefficient (Wildman–Crippen LogP) is 5.01. The third-order valence-corrected chi connectivity index (χ3v) is 4.34. The van der Waals surface area contributed by atoms with E-state index in [0.717, 1.165) is 19.3 Å². The number of hydrogen-bond donors (Lipinski definition) is 2. The highest BCUT2D eigenvalue weighted by Gasteiger charge is 2.20. The molecule has 1 atom stereocenters. The Kier molecular flexibility index (Phi) is 3.87. The lowest BCUT2D eigenvalue weighted by Gasteiger charge is -2.27. The van der Waals surface area contributed by atoms with E-state index in [2.05, 4.69) is 49.5 Å². The van der Waals surface area contributed by atoms with Gasteiger partial charge in [-0.05, 0) is 66.1 Å². The molecule has 0 amide bonds. The lowest BCUT2D eigenvalue weighted by atomic mass is 9.87. The van der Waals surface area contributed by atoms with Gasteiger partial charge in [-0.25, -0.2) is 0 Å². The topological polar surface area (TPSA) is 32.3 Å². The number of rotatable bonds is 3. The third-order valence-electron chi connectivity index (χ3n) is 4.34. The Morgan fingerprint density at radius 1 is 1.14 bits per heavy atom. The van der Waals surface area contributed by atoms with Gasteiger partial charge < -0.3 is 10.4 Å². The van der Waals surface area contributed by atoms with E-state index in [1.807, 2.05) is 6.07 Å². The van der Waals surface area contributed by atoms with Crippen molar-refractivity contribution in [3.05, 3.63) is 59.2 Å². The van der Waals surface area contributed by atoms with Gasteiger partial charge in [-0.15, -0.1) is 0 Å². The van der Waals surface area contributed by atoms with Crippen molar-refractivity contribution in [3.63, 3.8) is 0 Å². The van der Waals surface area contributed by atoms with E-state index >= 15 is 0 Å². The van der Waals surface area contributed by atoms with E-state index in [-0.39, 0.29) is 0 Å². The number of phenolic OH excluding ortho intramolecular Hbond substituents is 1. The summed E-state index contributed by atoms with van der Waals surface area (Å²) in [6.07, 6.45) is 3.37. The second-order valence-corrected chi connectivity index (χ2v) is 6.25. The quantitative estimate of drug-likeness (QED) is 0.829. The Morgan fingerprint density at radius 3 is 2.81 bits per heavy atom. The summed E-state index contributed by atoms with van der Waals surface area (Å²) in [6.45, 7) is 4.44. The number of fused-ring (bicyclic) bond motifs is 1. The van der Waals surface area contributed by atoms with Gasteiger partial charge >= 0.3 is 0 Å². The number of aryl methyl sites for hydroxylation is 1. The maximum absolute atomic E-state index is 9.64. The van der Waals surface area contributed by atoms with Crippen molar-refractivity contribution < 1.29 is 5.11 Å². The molecule has 2 aromatic carbocycles. The average molecular weight is 281 g/mol. The molecule has 0 aliphatic heterocycles. The molecule has 0 saturated heterocycles. The monoisotopic (exact) mass is 281 g/mol. The molecule has 0 spiro atoms. The van der Waals surface area contributed by atoms with E-state index in [1.165, 1.54) is 22.4 Å². The summed E-state index contributed by atoms with van der Waals surface area (Å²) in [5, 5.41) is 13.3. The van der Waals surface area contributed by atoms with Crippen molar-refractivity contribution in [2.45, 2.75) is 45.1 Å². The van der Waals surface area contributed by atoms with Crippen LogP contribution in [0.5, 0.6) is 5.75 Å². The van der Waals surface area contributed by atoms with Crippen LogP contribution in [-0.2, 0) is 6.42 Å². The Hall–Kier alpha value is -1.96. The summed E-state index contributed by atoms with van der Waals surface area (Å²) >= 11 is 0. The molecule has 0 fully saturated rings. The van der Waals surface area contributed by atoms with Crippen molar-refractivity contribution >= 4 is 5.69 Å². The lowest BCUT2D eigenvalue weighted by Crippen LogP contribution is -2.17. The molecule has 3 rings (SSSR count). The zero-order valence-corrected chi connectivity index (χ0v) is 12.8. The van der Waals surface area contributed by atoms with Crippen LogP contribution in [0.15, 0.2) is 42.5 Å². The highest BCUT2D eigenvalue weighted by molar-refractivity contribution is 5.50. The standard InChI is InChI=1S/C19H23NO/c1-13(2)14-5-3-7-16(11-14)20-19-8-4-6-15-12-17(21)9-10-18(15)19/h3,5,7,9-13,19-21H,4,6,8H2,1-2H3. The van der Waals surface area contributed by atoms with E-state index in [1.54, 1.807) is 6.07 Å². The molecule has 1 unspecified atom stereocenters. The molecular weight excluding hydrogens is 258 g/mol. The molecule has 0 radical (unpaired) electrons. The summed E-state index contributed by atoms with van der Waals surface area (Å²) in [5.41, 5.74) is 5.15. The molecule has 21 heavy (non-hydrogen) atoms. The Bertz CT molecular complexity index is 633. The molecule has 0 saturated carbocycles. The Balaban J connectivity index is 1.85. The summed E-state index contributed by atoms with van der Waals surface area (Å²) in [7, 11) is 0. The van der Waals surface area contributed by atoms with Crippen molar-refractivity contribution in [3.8, 4) is 5.75 Å². The van der Waals surface area contributed by atoms with Gasteiger partial charge in [0.05, 0.1) is 6.04 Å². The SMILES string of the molecule is CC(C)c1cccc(NC2CCCc3cc(O)ccc32)c1. The van der Waals surface area contributed by atoms with Crippen LogP contribution in [0.1, 0.15) is 55.3 Å². The van der Waals surface area contributed by atoms with Crippen LogP contribution in [0.3, 0.4) is 0 Å². The van der Waals surface area contributed by atoms with Crippen LogP contribution < -0.4 is 5.32 Å². The zero-order chi connectivity index (χ0) is 14.8. The van der Waals surface area contributed by atoms with Crippen LogP contribution in [0.25, 0.3) is 0 Å². The first kappa shape index (κ1) is 14.0. The normalized spacial score (nSPS) is 17.6. The minimum absolute atomic E-state index is 0.344. The molecular formula is C19H23NO. The Labute approximate surface area is 126 Å². The van der Waals surface area contributed by atoms with E-state index in [4.69, 9.17) is 0 Å². The molecule has 2 nitrogen and oxygen atoms in total. The Morgan fingerprint density at radius 2 is 2.00 bits per heavy atom. The number of nitrogens with one attached hydrogen (secondary N) is 1. The zero-order valence-electron chi connectivity index (χ0n) is 12.8. The maximum atomic E-state index is 9.64. The van der Waals surface area contributed by atoms with Gasteiger partial charge in [0.1, 0.15) is 5.75 Å². The van der Waals surface area contributed by atoms with Crippen molar-refractivity contribution in [2.24, 2.45) is 0 Å². The van der Waals surface area contributed by atoms with E-state index in [0.29, 0.717) is 17.7 Å². The first-order chi connectivity index (χ1) is 10.1. The average Bonchev–Trinajstić information content (AvgIpc) is 2.47. The van der Waals surface area contributed by atoms with Gasteiger partial charge in [-0.2, -0.15) is 0 Å². The first-order valence-corrected chi connectivity index (χ1v) is 7.82. The van der Waals surface area contributed by atoms with Gasteiger partial charge in [0.25, 0.3) is 0 Å². The van der Waals surface area contributed by atoms with Gasteiger partial charge in [-0.1, -0.05) is 32.0 Å². The fourth-order valence-corrected chi connectivity index (χ4v) is 3.14. The molecule has 1 aliphatic carbocycles. The third kappa shape index (κ3) is 3.05. The molecule has 1 aliphatic rings. The minimum Gasteiger partial charge on any atom is -0.508 e. The number of hydrogen-bond acceptors (Lipinski definition) is 2. The van der Waals surface area contributed by atoms with Crippen molar-refractivity contribution in [1.29, 1.82) is 0 Å². The molecule has 2 aromatic rings. The van der Waals surface area contributed by atoms with Gasteiger partial charge in [0.15, 0.2) is 0 Å². The smallest absolute Gasteiger partial charge is 0.115 e. The first-order valence-electron chi connectivity index (χ1n) is 7.82. The molecule has 0 bridgehead atoms. The molecule has 2 N–H and O–H groups in total. The number of benzene rings is 2. The van der Waals surface area contributed by atoms with E-state index < -0.39 is 0 Å². The predicted molar refractivity (Wildman–Crippen MR) is 87.9 cm³/mol. The number of phenols is 1.